The van der Waals surface area contributed by atoms with E-state index in [2.05, 4.69) is 15.6 Å². The number of nitrogens with zero attached hydrogens (tertiary/aromatic N) is 2. The fourth-order valence-electron chi connectivity index (χ4n) is 3.58. The maximum Gasteiger partial charge on any atom is 0.325 e. The summed E-state index contributed by atoms with van der Waals surface area (Å²) in [5.74, 6) is 0.575. The van der Waals surface area contributed by atoms with E-state index in [9.17, 15) is 9.59 Å². The highest BCUT2D eigenvalue weighted by Crippen LogP contribution is 2.28. The predicted molar refractivity (Wildman–Crippen MR) is 127 cm³/mol. The topological polar surface area (TPSA) is 85.2 Å². The van der Waals surface area contributed by atoms with E-state index in [0.29, 0.717) is 28.2 Å². The molecule has 0 bridgehead atoms. The number of hydrogen-bond donors (Lipinski definition) is 2. The molecule has 2 heterocycles. The summed E-state index contributed by atoms with van der Waals surface area (Å²) in [5, 5.41) is 6.75. The molecule has 7 nitrogen and oxygen atoms in total. The number of pyridine rings is 2. The lowest BCUT2D eigenvalue weighted by Crippen LogP contribution is -2.20. The molecule has 0 saturated carbocycles. The van der Waals surface area contributed by atoms with Gasteiger partial charge in [-0.15, -0.1) is 0 Å². The van der Waals surface area contributed by atoms with Crippen molar-refractivity contribution in [2.24, 2.45) is 0 Å². The van der Waals surface area contributed by atoms with Crippen LogP contribution in [0.25, 0.3) is 16.6 Å². The third-order valence-electron chi connectivity index (χ3n) is 4.89. The normalized spacial score (nSPS) is 10.7. The Labute approximate surface area is 185 Å². The number of fused-ring (bicyclic) bond motifs is 1. The second-order valence-corrected chi connectivity index (χ2v) is 7.22. The number of rotatable bonds is 7. The lowest BCUT2D eigenvalue weighted by Gasteiger charge is -2.20. The Morgan fingerprint density at radius 1 is 1.03 bits per heavy atom. The van der Waals surface area contributed by atoms with Crippen molar-refractivity contribution < 1.29 is 9.53 Å². The molecule has 0 radical (unpaired) electrons. The van der Waals surface area contributed by atoms with E-state index in [0.717, 1.165) is 11.4 Å². The van der Waals surface area contributed by atoms with Gasteiger partial charge < -0.3 is 15.4 Å². The van der Waals surface area contributed by atoms with E-state index in [-0.39, 0.29) is 18.6 Å². The van der Waals surface area contributed by atoms with Gasteiger partial charge in [-0.25, -0.2) is 4.98 Å². The fourth-order valence-corrected chi connectivity index (χ4v) is 3.58. The van der Waals surface area contributed by atoms with Crippen LogP contribution >= 0.6 is 0 Å². The zero-order valence-corrected chi connectivity index (χ0v) is 18.0. The van der Waals surface area contributed by atoms with Crippen molar-refractivity contribution >= 4 is 34.2 Å². The van der Waals surface area contributed by atoms with Crippen molar-refractivity contribution in [3.63, 3.8) is 0 Å². The zero-order chi connectivity index (χ0) is 22.5. The number of aromatic nitrogens is 2. The molecule has 0 amide bonds. The van der Waals surface area contributed by atoms with E-state index in [4.69, 9.17) is 4.74 Å². The molecule has 0 aliphatic heterocycles. The van der Waals surface area contributed by atoms with Crippen molar-refractivity contribution in [1.82, 2.24) is 9.55 Å². The summed E-state index contributed by atoms with van der Waals surface area (Å²) in [4.78, 5) is 29.6. The van der Waals surface area contributed by atoms with Crippen LogP contribution in [0.4, 0.5) is 17.3 Å². The van der Waals surface area contributed by atoms with Crippen LogP contribution in [0.1, 0.15) is 12.6 Å². The molecule has 0 saturated heterocycles. The molecule has 7 heteroatoms. The molecular formula is C25H24N4O3. The number of anilines is 3. The smallest absolute Gasteiger partial charge is 0.325 e. The van der Waals surface area contributed by atoms with Crippen LogP contribution in [0.15, 0.2) is 77.6 Å². The number of nitrogens with one attached hydrogen (secondary N) is 2. The fraction of sp³-hybridized carbons (Fsp3) is 0.160. The first-order chi connectivity index (χ1) is 15.6. The summed E-state index contributed by atoms with van der Waals surface area (Å²) in [7, 11) is 0. The largest absolute Gasteiger partial charge is 0.465 e. The maximum atomic E-state index is 13.2. The molecule has 0 aliphatic carbocycles. The minimum Gasteiger partial charge on any atom is -0.465 e. The Morgan fingerprint density at radius 2 is 1.72 bits per heavy atom. The molecule has 4 rings (SSSR count). The van der Waals surface area contributed by atoms with Gasteiger partial charge in [-0.2, -0.15) is 0 Å². The minimum atomic E-state index is -0.408. The standard InChI is InChI=1S/C25H24N4O3/c1-3-32-23(31)16-26-25-24-20(14-17(2)27-25)29(19-12-8-5-9-13-19)22(15-21(24)30)28-18-10-6-4-7-11-18/h4-15,28H,3,16H2,1-2H3,(H,26,27). The lowest BCUT2D eigenvalue weighted by atomic mass is 10.1. The summed E-state index contributed by atoms with van der Waals surface area (Å²) in [6, 6.07) is 22.9. The summed E-state index contributed by atoms with van der Waals surface area (Å²) in [6.07, 6.45) is 0. The van der Waals surface area contributed by atoms with Crippen LogP contribution in [-0.2, 0) is 9.53 Å². The monoisotopic (exact) mass is 428 g/mol. The third kappa shape index (κ3) is 4.46. The van der Waals surface area contributed by atoms with E-state index in [1.165, 1.54) is 0 Å². The molecule has 0 spiro atoms. The molecule has 2 aromatic carbocycles. The molecule has 2 N–H and O–H groups in total. The average molecular weight is 428 g/mol. The van der Waals surface area contributed by atoms with Crippen molar-refractivity contribution in [1.29, 1.82) is 0 Å². The average Bonchev–Trinajstić information content (AvgIpc) is 2.79. The Bertz CT molecular complexity index is 1300. The van der Waals surface area contributed by atoms with Crippen molar-refractivity contribution in [3.8, 4) is 5.69 Å². The highest BCUT2D eigenvalue weighted by atomic mass is 16.5. The highest BCUT2D eigenvalue weighted by Gasteiger charge is 2.17. The van der Waals surface area contributed by atoms with Crippen molar-refractivity contribution in [2.45, 2.75) is 13.8 Å². The van der Waals surface area contributed by atoms with Crippen LogP contribution < -0.4 is 16.1 Å². The first-order valence-corrected chi connectivity index (χ1v) is 10.4. The number of esters is 1. The summed E-state index contributed by atoms with van der Waals surface area (Å²) in [5.41, 5.74) is 2.94. The molecule has 0 atom stereocenters. The molecule has 0 unspecified atom stereocenters. The van der Waals surface area contributed by atoms with Gasteiger partial charge in [0.1, 0.15) is 18.2 Å². The SMILES string of the molecule is CCOC(=O)CNc1nc(C)cc2c1c(=O)cc(Nc1ccccc1)n2-c1ccccc1. The van der Waals surface area contributed by atoms with Gasteiger partial charge in [0, 0.05) is 23.1 Å². The second kappa shape index (κ2) is 9.34. The van der Waals surface area contributed by atoms with Crippen molar-refractivity contribution in [2.75, 3.05) is 23.8 Å². The molecule has 4 aromatic rings. The Balaban J connectivity index is 1.92. The number of aryl methyl sites for hydroxylation is 1. The Morgan fingerprint density at radius 3 is 2.41 bits per heavy atom. The summed E-state index contributed by atoms with van der Waals surface area (Å²) in [6.45, 7) is 3.82. The highest BCUT2D eigenvalue weighted by molar-refractivity contribution is 5.93. The molecule has 2 aromatic heterocycles. The number of carbonyl (C=O) groups excluding carboxylic acids is 1. The second-order valence-electron chi connectivity index (χ2n) is 7.22. The van der Waals surface area contributed by atoms with E-state index < -0.39 is 5.97 Å². The number of ether oxygens (including phenoxy) is 1. The predicted octanol–water partition coefficient (Wildman–Crippen LogP) is 4.41. The first kappa shape index (κ1) is 21.1. The van der Waals surface area contributed by atoms with Gasteiger partial charge in [0.25, 0.3) is 0 Å². The van der Waals surface area contributed by atoms with Gasteiger partial charge in [0.2, 0.25) is 0 Å². The Kier molecular flexibility index (Phi) is 6.17. The van der Waals surface area contributed by atoms with Gasteiger partial charge in [0.05, 0.1) is 17.5 Å². The number of para-hydroxylation sites is 2. The number of carbonyl (C=O) groups is 1. The van der Waals surface area contributed by atoms with E-state index in [1.807, 2.05) is 78.2 Å². The van der Waals surface area contributed by atoms with Gasteiger partial charge in [0.15, 0.2) is 5.43 Å². The van der Waals surface area contributed by atoms with Crippen LogP contribution in [0, 0.1) is 6.92 Å². The molecular weight excluding hydrogens is 404 g/mol. The minimum absolute atomic E-state index is 0.0752. The number of hydrogen-bond acceptors (Lipinski definition) is 6. The summed E-state index contributed by atoms with van der Waals surface area (Å²) < 4.78 is 6.97. The molecule has 32 heavy (non-hydrogen) atoms. The van der Waals surface area contributed by atoms with Gasteiger partial charge >= 0.3 is 5.97 Å². The lowest BCUT2D eigenvalue weighted by molar-refractivity contribution is -0.140. The van der Waals surface area contributed by atoms with Crippen LogP contribution in [0.5, 0.6) is 0 Å². The maximum absolute atomic E-state index is 13.2. The van der Waals surface area contributed by atoms with Gasteiger partial charge in [-0.3, -0.25) is 14.2 Å². The molecule has 0 fully saturated rings. The Hall–Kier alpha value is -4.13. The van der Waals surface area contributed by atoms with Gasteiger partial charge in [-0.1, -0.05) is 36.4 Å². The van der Waals surface area contributed by atoms with Crippen LogP contribution in [-0.4, -0.2) is 28.7 Å². The quantitative estimate of drug-likeness (QED) is 0.424. The van der Waals surface area contributed by atoms with E-state index in [1.54, 1.807) is 13.0 Å². The molecule has 162 valence electrons. The zero-order valence-electron chi connectivity index (χ0n) is 18.0. The van der Waals surface area contributed by atoms with E-state index >= 15 is 0 Å². The van der Waals surface area contributed by atoms with Crippen LogP contribution in [0.2, 0.25) is 0 Å². The first-order valence-electron chi connectivity index (χ1n) is 10.4. The third-order valence-corrected chi connectivity index (χ3v) is 4.89. The molecule has 0 aliphatic rings. The van der Waals surface area contributed by atoms with Crippen molar-refractivity contribution in [3.05, 3.63) is 88.7 Å². The number of benzene rings is 2. The summed E-state index contributed by atoms with van der Waals surface area (Å²) >= 11 is 0. The van der Waals surface area contributed by atoms with Gasteiger partial charge in [-0.05, 0) is 44.2 Å². The van der Waals surface area contributed by atoms with Crippen LogP contribution in [0.3, 0.4) is 0 Å².